The fourth-order valence-corrected chi connectivity index (χ4v) is 7.76. The van der Waals surface area contributed by atoms with Gasteiger partial charge in [-0.3, -0.25) is 0 Å². The molecule has 11 rings (SSSR count). The maximum Gasteiger partial charge on any atom is 0.167 e. The van der Waals surface area contributed by atoms with E-state index in [0.29, 0.717) is 17.5 Å². The minimum absolute atomic E-state index is 0.543. The number of para-hydroxylation sites is 3. The Bertz CT molecular complexity index is 3220. The monoisotopic (exact) mass is 717 g/mol. The molecule has 11 aromatic rings. The highest BCUT2D eigenvalue weighted by Crippen LogP contribution is 2.39. The first-order chi connectivity index (χ1) is 27.7. The summed E-state index contributed by atoms with van der Waals surface area (Å²) < 4.78 is 13.1. The van der Waals surface area contributed by atoms with Crippen molar-refractivity contribution in [2.24, 2.45) is 0 Å². The first-order valence-electron chi connectivity index (χ1n) is 18.7. The highest BCUT2D eigenvalue weighted by Gasteiger charge is 2.19. The molecule has 56 heavy (non-hydrogen) atoms. The molecule has 0 aliphatic rings. The first-order valence-corrected chi connectivity index (χ1v) is 18.7. The lowest BCUT2D eigenvalue weighted by molar-refractivity contribution is 0.669. The van der Waals surface area contributed by atoms with Gasteiger partial charge in [-0.1, -0.05) is 164 Å². The van der Waals surface area contributed by atoms with Gasteiger partial charge in [-0.15, -0.1) is 0 Å². The number of rotatable bonds is 6. The molecule has 0 radical (unpaired) electrons. The molecule has 8 aromatic carbocycles. The maximum absolute atomic E-state index is 6.71. The quantitative estimate of drug-likeness (QED) is 0.171. The Kier molecular flexibility index (Phi) is 7.42. The fourth-order valence-electron chi connectivity index (χ4n) is 7.76. The summed E-state index contributed by atoms with van der Waals surface area (Å²) in [6.07, 6.45) is 0. The molecule has 0 N–H and O–H groups in total. The van der Waals surface area contributed by atoms with Gasteiger partial charge in [-0.2, -0.15) is 0 Å². The largest absolute Gasteiger partial charge is 0.455 e. The summed E-state index contributed by atoms with van der Waals surface area (Å²) in [6.45, 7) is 0. The second-order valence-corrected chi connectivity index (χ2v) is 14.0. The zero-order valence-corrected chi connectivity index (χ0v) is 30.1. The van der Waals surface area contributed by atoms with Crippen LogP contribution in [0.4, 0.5) is 0 Å². The number of benzene rings is 8. The Morgan fingerprint density at radius 1 is 0.268 bits per heavy atom. The van der Waals surface area contributed by atoms with E-state index in [1.807, 2.05) is 72.8 Å². The SMILES string of the molecule is c1ccc(-c2ccc(-c3ccc(-c4cccc5c4oc4cc(-c6nc(-c7ccccc7)nc(-c7cccc8c7oc7ccccc78)n6)ccc45)cc3)cc2)cc1. The van der Waals surface area contributed by atoms with Crippen molar-refractivity contribution in [1.29, 1.82) is 0 Å². The molecule has 5 nitrogen and oxygen atoms in total. The molecule has 0 saturated heterocycles. The molecule has 0 atom stereocenters. The second-order valence-electron chi connectivity index (χ2n) is 14.0. The maximum atomic E-state index is 6.71. The van der Waals surface area contributed by atoms with Crippen LogP contribution in [-0.2, 0) is 0 Å². The van der Waals surface area contributed by atoms with E-state index in [-0.39, 0.29) is 0 Å². The van der Waals surface area contributed by atoms with E-state index in [1.54, 1.807) is 0 Å². The Hall–Kier alpha value is -7.63. The molecule has 0 unspecified atom stereocenters. The van der Waals surface area contributed by atoms with Gasteiger partial charge in [0, 0.05) is 38.2 Å². The van der Waals surface area contributed by atoms with Crippen molar-refractivity contribution in [3.8, 4) is 67.5 Å². The summed E-state index contributed by atoms with van der Waals surface area (Å²) in [7, 11) is 0. The minimum atomic E-state index is 0.543. The van der Waals surface area contributed by atoms with Crippen LogP contribution in [0.25, 0.3) is 111 Å². The zero-order chi connectivity index (χ0) is 37.0. The normalized spacial score (nSPS) is 11.6. The van der Waals surface area contributed by atoms with Crippen LogP contribution in [0.15, 0.2) is 197 Å². The minimum Gasteiger partial charge on any atom is -0.455 e. The number of aromatic nitrogens is 3. The van der Waals surface area contributed by atoms with E-state index >= 15 is 0 Å². The third-order valence-corrected chi connectivity index (χ3v) is 10.6. The van der Waals surface area contributed by atoms with Gasteiger partial charge in [0.2, 0.25) is 0 Å². The first kappa shape index (κ1) is 31.9. The van der Waals surface area contributed by atoms with E-state index in [0.717, 1.165) is 77.3 Å². The lowest BCUT2D eigenvalue weighted by Crippen LogP contribution is -2.00. The number of hydrogen-bond donors (Lipinski definition) is 0. The summed E-state index contributed by atoms with van der Waals surface area (Å²) in [5, 5.41) is 4.17. The van der Waals surface area contributed by atoms with Gasteiger partial charge >= 0.3 is 0 Å². The summed E-state index contributed by atoms with van der Waals surface area (Å²) in [6, 6.07) is 64.7. The molecule has 3 heterocycles. The van der Waals surface area contributed by atoms with E-state index in [4.69, 9.17) is 23.8 Å². The number of hydrogen-bond acceptors (Lipinski definition) is 5. The van der Waals surface area contributed by atoms with Crippen molar-refractivity contribution < 1.29 is 8.83 Å². The molecule has 0 fully saturated rings. The Balaban J connectivity index is 0.981. The zero-order valence-electron chi connectivity index (χ0n) is 30.1. The molecule has 0 aliphatic heterocycles. The molecular formula is C51H31N3O2. The van der Waals surface area contributed by atoms with Crippen molar-refractivity contribution in [2.45, 2.75) is 0 Å². The van der Waals surface area contributed by atoms with Gasteiger partial charge < -0.3 is 8.83 Å². The van der Waals surface area contributed by atoms with Crippen LogP contribution in [0.2, 0.25) is 0 Å². The molecule has 0 aliphatic carbocycles. The standard InChI is InChI=1S/C51H31N3O2/c1-3-11-32(12-4-1)33-21-23-34(24-22-33)35-25-27-36(28-26-35)39-16-9-17-43-41-30-29-38(31-46(41)56-47(39)43)50-52-49(37-13-5-2-6-14-37)53-51(54-50)44-19-10-18-42-40-15-7-8-20-45(40)55-48(42)44/h1-31H. The number of fused-ring (bicyclic) bond motifs is 6. The highest BCUT2D eigenvalue weighted by molar-refractivity contribution is 6.11. The summed E-state index contributed by atoms with van der Waals surface area (Å²) >= 11 is 0. The smallest absolute Gasteiger partial charge is 0.167 e. The molecule has 3 aromatic heterocycles. The predicted octanol–water partition coefficient (Wildman–Crippen LogP) is 13.7. The summed E-state index contributed by atoms with van der Waals surface area (Å²) in [5.74, 6) is 1.68. The third-order valence-electron chi connectivity index (χ3n) is 10.6. The second kappa shape index (κ2) is 13.0. The van der Waals surface area contributed by atoms with Gasteiger partial charge in [0.1, 0.15) is 22.3 Å². The van der Waals surface area contributed by atoms with Crippen LogP contribution >= 0.6 is 0 Å². The highest BCUT2D eigenvalue weighted by atomic mass is 16.3. The van der Waals surface area contributed by atoms with E-state index < -0.39 is 0 Å². The molecule has 5 heteroatoms. The molecular weight excluding hydrogens is 687 g/mol. The average molecular weight is 718 g/mol. The number of furan rings is 2. The van der Waals surface area contributed by atoms with Crippen LogP contribution in [0, 0.1) is 0 Å². The lowest BCUT2D eigenvalue weighted by Gasteiger charge is -2.08. The predicted molar refractivity (Wildman–Crippen MR) is 227 cm³/mol. The van der Waals surface area contributed by atoms with E-state index in [9.17, 15) is 0 Å². The Morgan fingerprint density at radius 3 is 1.39 bits per heavy atom. The summed E-state index contributed by atoms with van der Waals surface area (Å²) in [4.78, 5) is 15.1. The molecule has 262 valence electrons. The van der Waals surface area contributed by atoms with Gasteiger partial charge in [0.25, 0.3) is 0 Å². The lowest BCUT2D eigenvalue weighted by atomic mass is 9.97. The molecule has 0 saturated carbocycles. The van der Waals surface area contributed by atoms with Gasteiger partial charge in [0.05, 0.1) is 5.56 Å². The van der Waals surface area contributed by atoms with E-state index in [2.05, 4.69) is 115 Å². The van der Waals surface area contributed by atoms with Crippen molar-refractivity contribution in [2.75, 3.05) is 0 Å². The fraction of sp³-hybridized carbons (Fsp3) is 0. The number of nitrogens with zero attached hydrogens (tertiary/aromatic N) is 3. The topological polar surface area (TPSA) is 65.0 Å². The Labute approximate surface area is 322 Å². The van der Waals surface area contributed by atoms with Gasteiger partial charge in [0.15, 0.2) is 17.5 Å². The molecule has 0 bridgehead atoms. The van der Waals surface area contributed by atoms with Crippen molar-refractivity contribution >= 4 is 43.9 Å². The molecule has 0 spiro atoms. The van der Waals surface area contributed by atoms with Crippen LogP contribution in [0.3, 0.4) is 0 Å². The van der Waals surface area contributed by atoms with Crippen LogP contribution in [0.1, 0.15) is 0 Å². The van der Waals surface area contributed by atoms with Crippen molar-refractivity contribution in [3.63, 3.8) is 0 Å². The van der Waals surface area contributed by atoms with Gasteiger partial charge in [-0.05, 0) is 52.1 Å². The van der Waals surface area contributed by atoms with E-state index in [1.165, 1.54) is 16.7 Å². The van der Waals surface area contributed by atoms with Crippen LogP contribution in [-0.4, -0.2) is 15.0 Å². The van der Waals surface area contributed by atoms with Crippen molar-refractivity contribution in [3.05, 3.63) is 188 Å². The van der Waals surface area contributed by atoms with Crippen LogP contribution in [0.5, 0.6) is 0 Å². The van der Waals surface area contributed by atoms with Crippen molar-refractivity contribution in [1.82, 2.24) is 15.0 Å². The summed E-state index contributed by atoms with van der Waals surface area (Å²) in [5.41, 5.74) is 12.6. The molecule has 0 amide bonds. The average Bonchev–Trinajstić information content (AvgIpc) is 3.85. The third kappa shape index (κ3) is 5.45. The Morgan fingerprint density at radius 2 is 0.714 bits per heavy atom. The van der Waals surface area contributed by atoms with Gasteiger partial charge in [-0.25, -0.2) is 15.0 Å². The van der Waals surface area contributed by atoms with Crippen LogP contribution < -0.4 is 0 Å².